The van der Waals surface area contributed by atoms with Crippen molar-refractivity contribution in [2.75, 3.05) is 0 Å². The highest BCUT2D eigenvalue weighted by molar-refractivity contribution is 9.10. The van der Waals surface area contributed by atoms with E-state index in [-0.39, 0.29) is 5.41 Å². The number of rotatable bonds is 2. The number of pyridine rings is 1. The number of benzene rings is 1. The summed E-state index contributed by atoms with van der Waals surface area (Å²) in [5.41, 5.74) is 2.28. The maximum Gasteiger partial charge on any atom is 0.160 e. The van der Waals surface area contributed by atoms with Gasteiger partial charge in [-0.25, -0.2) is 0 Å². The molecule has 0 saturated heterocycles. The fourth-order valence-electron chi connectivity index (χ4n) is 3.12. The molecule has 0 radical (unpaired) electrons. The van der Waals surface area contributed by atoms with Crippen LogP contribution in [0.4, 0.5) is 0 Å². The standard InChI is InChI=1S/C16H14BrN3/c17-13-7-8-14-18-19-15(20(14)11-13)16(9-4-10-16)12-5-2-1-3-6-12/h1-3,5-8,11H,4,9-10H2. The van der Waals surface area contributed by atoms with E-state index in [9.17, 15) is 0 Å². The molecule has 0 unspecified atom stereocenters. The first-order valence-electron chi connectivity index (χ1n) is 6.86. The van der Waals surface area contributed by atoms with E-state index in [1.165, 1.54) is 12.0 Å². The third-order valence-corrected chi connectivity index (χ3v) is 4.80. The molecule has 0 atom stereocenters. The molecule has 1 aliphatic carbocycles. The molecule has 0 N–H and O–H groups in total. The van der Waals surface area contributed by atoms with Crippen LogP contribution in [-0.2, 0) is 5.41 Å². The Morgan fingerprint density at radius 1 is 1.00 bits per heavy atom. The number of fused-ring (bicyclic) bond motifs is 1. The first kappa shape index (κ1) is 12.1. The zero-order chi connectivity index (χ0) is 13.6. The van der Waals surface area contributed by atoms with Crippen molar-refractivity contribution >= 4 is 21.6 Å². The second-order valence-corrected chi connectivity index (χ2v) is 6.32. The van der Waals surface area contributed by atoms with Gasteiger partial charge in [0.2, 0.25) is 0 Å². The Kier molecular flexibility index (Phi) is 2.67. The molecule has 4 heteroatoms. The molecule has 4 rings (SSSR count). The van der Waals surface area contributed by atoms with Crippen molar-refractivity contribution in [1.82, 2.24) is 14.6 Å². The summed E-state index contributed by atoms with van der Waals surface area (Å²) in [4.78, 5) is 0. The van der Waals surface area contributed by atoms with E-state index in [0.29, 0.717) is 0 Å². The Balaban J connectivity index is 1.95. The molecule has 1 saturated carbocycles. The average molecular weight is 328 g/mol. The highest BCUT2D eigenvalue weighted by atomic mass is 79.9. The number of hydrogen-bond acceptors (Lipinski definition) is 2. The molecule has 20 heavy (non-hydrogen) atoms. The Bertz CT molecular complexity index is 760. The van der Waals surface area contributed by atoms with Crippen molar-refractivity contribution in [3.05, 3.63) is 64.5 Å². The van der Waals surface area contributed by atoms with E-state index in [1.54, 1.807) is 0 Å². The molecule has 2 aromatic heterocycles. The Morgan fingerprint density at radius 2 is 1.80 bits per heavy atom. The Hall–Kier alpha value is -1.68. The van der Waals surface area contributed by atoms with Gasteiger partial charge < -0.3 is 0 Å². The topological polar surface area (TPSA) is 30.2 Å². The van der Waals surface area contributed by atoms with Gasteiger partial charge in [0.1, 0.15) is 5.82 Å². The summed E-state index contributed by atoms with van der Waals surface area (Å²) in [5.74, 6) is 1.06. The van der Waals surface area contributed by atoms with E-state index >= 15 is 0 Å². The van der Waals surface area contributed by atoms with E-state index in [2.05, 4.69) is 67.1 Å². The molecule has 0 bridgehead atoms. The summed E-state index contributed by atoms with van der Waals surface area (Å²) in [7, 11) is 0. The molecule has 0 spiro atoms. The van der Waals surface area contributed by atoms with Crippen molar-refractivity contribution in [2.45, 2.75) is 24.7 Å². The van der Waals surface area contributed by atoms with Crippen LogP contribution in [0.15, 0.2) is 53.1 Å². The van der Waals surface area contributed by atoms with Gasteiger partial charge >= 0.3 is 0 Å². The van der Waals surface area contributed by atoms with Crippen molar-refractivity contribution in [1.29, 1.82) is 0 Å². The molecule has 100 valence electrons. The van der Waals surface area contributed by atoms with Crippen LogP contribution in [0.2, 0.25) is 0 Å². The third-order valence-electron chi connectivity index (χ3n) is 4.33. The molecular formula is C16H14BrN3. The molecule has 0 aliphatic heterocycles. The minimum Gasteiger partial charge on any atom is -0.285 e. The number of aromatic nitrogens is 3. The molecular weight excluding hydrogens is 314 g/mol. The first-order valence-corrected chi connectivity index (χ1v) is 7.65. The predicted molar refractivity (Wildman–Crippen MR) is 81.8 cm³/mol. The van der Waals surface area contributed by atoms with E-state index in [4.69, 9.17) is 0 Å². The minimum atomic E-state index is 0.0292. The normalized spacial score (nSPS) is 17.1. The first-order chi connectivity index (χ1) is 9.79. The Morgan fingerprint density at radius 3 is 2.50 bits per heavy atom. The van der Waals surface area contributed by atoms with Crippen LogP contribution in [-0.4, -0.2) is 14.6 Å². The summed E-state index contributed by atoms with van der Waals surface area (Å²) in [6.45, 7) is 0. The Labute approximate surface area is 125 Å². The molecule has 1 aliphatic rings. The highest BCUT2D eigenvalue weighted by Crippen LogP contribution is 2.48. The third kappa shape index (κ3) is 1.64. The largest absolute Gasteiger partial charge is 0.285 e. The van der Waals surface area contributed by atoms with Gasteiger partial charge in [0.05, 0.1) is 5.41 Å². The maximum absolute atomic E-state index is 4.50. The lowest BCUT2D eigenvalue weighted by atomic mass is 9.64. The maximum atomic E-state index is 4.50. The quantitative estimate of drug-likeness (QED) is 0.713. The molecule has 3 nitrogen and oxygen atoms in total. The average Bonchev–Trinajstić information content (AvgIpc) is 2.83. The summed E-state index contributed by atoms with van der Waals surface area (Å²) >= 11 is 3.54. The van der Waals surface area contributed by atoms with Crippen LogP contribution >= 0.6 is 15.9 Å². The molecule has 1 aromatic carbocycles. The van der Waals surface area contributed by atoms with Crippen LogP contribution in [0.5, 0.6) is 0 Å². The fraction of sp³-hybridized carbons (Fsp3) is 0.250. The minimum absolute atomic E-state index is 0.0292. The molecule has 3 aromatic rings. The summed E-state index contributed by atoms with van der Waals surface area (Å²) < 4.78 is 3.17. The zero-order valence-electron chi connectivity index (χ0n) is 11.0. The fourth-order valence-corrected chi connectivity index (χ4v) is 3.46. The summed E-state index contributed by atoms with van der Waals surface area (Å²) in [6.07, 6.45) is 5.60. The lowest BCUT2D eigenvalue weighted by Gasteiger charge is -2.40. The van der Waals surface area contributed by atoms with Gasteiger partial charge in [0, 0.05) is 10.7 Å². The zero-order valence-corrected chi connectivity index (χ0v) is 12.5. The number of halogens is 1. The van der Waals surface area contributed by atoms with Gasteiger partial charge in [-0.1, -0.05) is 36.8 Å². The smallest absolute Gasteiger partial charge is 0.160 e. The van der Waals surface area contributed by atoms with Crippen molar-refractivity contribution in [3.63, 3.8) is 0 Å². The van der Waals surface area contributed by atoms with Crippen LogP contribution in [0.25, 0.3) is 5.65 Å². The molecule has 0 amide bonds. The SMILES string of the molecule is Brc1ccc2nnc(C3(c4ccccc4)CCC3)n2c1. The lowest BCUT2D eigenvalue weighted by molar-refractivity contribution is 0.283. The van der Waals surface area contributed by atoms with Crippen molar-refractivity contribution < 1.29 is 0 Å². The molecule has 2 heterocycles. The number of nitrogens with zero attached hydrogens (tertiary/aromatic N) is 3. The van der Waals surface area contributed by atoms with E-state index < -0.39 is 0 Å². The van der Waals surface area contributed by atoms with Gasteiger partial charge in [-0.15, -0.1) is 10.2 Å². The number of hydrogen-bond donors (Lipinski definition) is 0. The highest BCUT2D eigenvalue weighted by Gasteiger charge is 2.44. The summed E-state index contributed by atoms with van der Waals surface area (Å²) in [6, 6.07) is 14.7. The second kappa shape index (κ2) is 4.42. The van der Waals surface area contributed by atoms with Gasteiger partial charge in [0.25, 0.3) is 0 Å². The van der Waals surface area contributed by atoms with Crippen LogP contribution in [0.1, 0.15) is 30.7 Å². The monoisotopic (exact) mass is 327 g/mol. The predicted octanol–water partition coefficient (Wildman–Crippen LogP) is 3.96. The molecule has 1 fully saturated rings. The van der Waals surface area contributed by atoms with Crippen LogP contribution in [0, 0.1) is 0 Å². The van der Waals surface area contributed by atoms with Gasteiger partial charge in [-0.2, -0.15) is 0 Å². The van der Waals surface area contributed by atoms with Gasteiger partial charge in [0.15, 0.2) is 5.65 Å². The van der Waals surface area contributed by atoms with Crippen molar-refractivity contribution in [3.8, 4) is 0 Å². The lowest BCUT2D eigenvalue weighted by Crippen LogP contribution is -2.37. The van der Waals surface area contributed by atoms with Gasteiger partial charge in [-0.05, 0) is 46.5 Å². The summed E-state index contributed by atoms with van der Waals surface area (Å²) in [5, 5.41) is 8.82. The van der Waals surface area contributed by atoms with Crippen LogP contribution in [0.3, 0.4) is 0 Å². The van der Waals surface area contributed by atoms with E-state index in [0.717, 1.165) is 28.8 Å². The van der Waals surface area contributed by atoms with Gasteiger partial charge in [-0.3, -0.25) is 4.40 Å². The van der Waals surface area contributed by atoms with E-state index in [1.807, 2.05) is 12.1 Å². The van der Waals surface area contributed by atoms with Crippen molar-refractivity contribution in [2.24, 2.45) is 0 Å². The van der Waals surface area contributed by atoms with Crippen LogP contribution < -0.4 is 0 Å². The second-order valence-electron chi connectivity index (χ2n) is 5.40.